The average molecular weight is 551 g/mol. The number of anilines is 2. The maximum atomic E-state index is 12.3. The predicted octanol–water partition coefficient (Wildman–Crippen LogP) is 5.21. The number of nitrogens with one attached hydrogen (secondary N) is 2. The Morgan fingerprint density at radius 3 is 2.58 bits per heavy atom. The lowest BCUT2D eigenvalue weighted by Gasteiger charge is -2.29. The van der Waals surface area contributed by atoms with Gasteiger partial charge < -0.3 is 20.0 Å². The SMILES string of the molecule is CN(C)c1nc(N[C@H]2CC[C@@H](CNC(=O)c3cc(Br)c(Br)o3)CC2)nc2ccccc12. The van der Waals surface area contributed by atoms with Crippen molar-refractivity contribution in [2.24, 2.45) is 5.92 Å². The Bertz CT molecular complexity index is 1060. The molecule has 0 atom stereocenters. The first-order valence-corrected chi connectivity index (χ1v) is 11.9. The molecular weight excluding hydrogens is 526 g/mol. The Labute approximate surface area is 198 Å². The zero-order valence-electron chi connectivity index (χ0n) is 17.5. The lowest BCUT2D eigenvalue weighted by molar-refractivity contribution is 0.0914. The Hall–Kier alpha value is -2.13. The predicted molar refractivity (Wildman–Crippen MR) is 130 cm³/mol. The average Bonchev–Trinajstić information content (AvgIpc) is 3.11. The Morgan fingerprint density at radius 1 is 1.16 bits per heavy atom. The van der Waals surface area contributed by atoms with Gasteiger partial charge in [0.2, 0.25) is 5.95 Å². The lowest BCUT2D eigenvalue weighted by atomic mass is 9.86. The molecule has 164 valence electrons. The van der Waals surface area contributed by atoms with Gasteiger partial charge in [-0.05, 0) is 75.6 Å². The van der Waals surface area contributed by atoms with Crippen LogP contribution in [0.25, 0.3) is 10.9 Å². The fourth-order valence-electron chi connectivity index (χ4n) is 3.94. The molecule has 4 rings (SSSR count). The number of nitrogens with zero attached hydrogens (tertiary/aromatic N) is 3. The van der Waals surface area contributed by atoms with Gasteiger partial charge in [0.1, 0.15) is 5.82 Å². The second-order valence-corrected chi connectivity index (χ2v) is 9.66. The molecule has 0 unspecified atom stereocenters. The Balaban J connectivity index is 1.32. The third-order valence-corrected chi connectivity index (χ3v) is 7.32. The minimum atomic E-state index is -0.188. The second-order valence-electron chi connectivity index (χ2n) is 8.09. The van der Waals surface area contributed by atoms with Crippen molar-refractivity contribution in [1.29, 1.82) is 0 Å². The number of fused-ring (bicyclic) bond motifs is 1. The van der Waals surface area contributed by atoms with E-state index in [1.807, 2.05) is 43.3 Å². The van der Waals surface area contributed by atoms with E-state index < -0.39 is 0 Å². The van der Waals surface area contributed by atoms with Gasteiger partial charge in [-0.15, -0.1) is 0 Å². The highest BCUT2D eigenvalue weighted by Crippen LogP contribution is 2.29. The van der Waals surface area contributed by atoms with Gasteiger partial charge in [0.25, 0.3) is 5.91 Å². The highest BCUT2D eigenvalue weighted by Gasteiger charge is 2.23. The third kappa shape index (κ3) is 5.20. The summed E-state index contributed by atoms with van der Waals surface area (Å²) in [5.74, 6) is 2.17. The van der Waals surface area contributed by atoms with Crippen molar-refractivity contribution < 1.29 is 9.21 Å². The minimum absolute atomic E-state index is 0.188. The van der Waals surface area contributed by atoms with E-state index in [1.54, 1.807) is 6.07 Å². The van der Waals surface area contributed by atoms with Crippen LogP contribution >= 0.6 is 31.9 Å². The molecule has 2 heterocycles. The fourth-order valence-corrected chi connectivity index (χ4v) is 4.52. The molecule has 2 aromatic heterocycles. The van der Waals surface area contributed by atoms with E-state index in [0.717, 1.165) is 46.9 Å². The summed E-state index contributed by atoms with van der Waals surface area (Å²) in [4.78, 5) is 23.7. The molecule has 2 N–H and O–H groups in total. The van der Waals surface area contributed by atoms with Crippen LogP contribution in [-0.2, 0) is 0 Å². The van der Waals surface area contributed by atoms with Crippen LogP contribution in [-0.4, -0.2) is 42.6 Å². The van der Waals surface area contributed by atoms with E-state index >= 15 is 0 Å². The number of carbonyl (C=O) groups excluding carboxylic acids is 1. The minimum Gasteiger partial charge on any atom is -0.443 e. The van der Waals surface area contributed by atoms with E-state index in [9.17, 15) is 4.79 Å². The van der Waals surface area contributed by atoms with Crippen LogP contribution in [0.4, 0.5) is 11.8 Å². The van der Waals surface area contributed by atoms with Crippen LogP contribution < -0.4 is 15.5 Å². The number of para-hydroxylation sites is 1. The summed E-state index contributed by atoms with van der Waals surface area (Å²) in [6.45, 7) is 0.652. The van der Waals surface area contributed by atoms with E-state index in [4.69, 9.17) is 14.4 Å². The number of hydrogen-bond acceptors (Lipinski definition) is 6. The molecule has 1 aromatic carbocycles. The van der Waals surface area contributed by atoms with Crippen molar-refractivity contribution in [1.82, 2.24) is 15.3 Å². The highest BCUT2D eigenvalue weighted by atomic mass is 79.9. The topological polar surface area (TPSA) is 83.3 Å². The molecule has 0 bridgehead atoms. The molecule has 3 aromatic rings. The van der Waals surface area contributed by atoms with Gasteiger partial charge in [0.15, 0.2) is 10.4 Å². The van der Waals surface area contributed by atoms with Gasteiger partial charge in [0, 0.05) is 38.1 Å². The van der Waals surface area contributed by atoms with Crippen LogP contribution in [0.1, 0.15) is 36.2 Å². The highest BCUT2D eigenvalue weighted by molar-refractivity contribution is 9.13. The summed E-state index contributed by atoms with van der Waals surface area (Å²) in [6, 6.07) is 10.1. The van der Waals surface area contributed by atoms with Crippen LogP contribution in [0.5, 0.6) is 0 Å². The molecule has 0 aliphatic heterocycles. The maximum absolute atomic E-state index is 12.3. The Kier molecular flexibility index (Phi) is 6.81. The first-order chi connectivity index (χ1) is 14.9. The summed E-state index contributed by atoms with van der Waals surface area (Å²) in [5.41, 5.74) is 0.941. The van der Waals surface area contributed by atoms with Crippen molar-refractivity contribution in [2.75, 3.05) is 30.9 Å². The van der Waals surface area contributed by atoms with Crippen molar-refractivity contribution >= 4 is 60.4 Å². The van der Waals surface area contributed by atoms with Crippen molar-refractivity contribution in [3.05, 3.63) is 45.2 Å². The summed E-state index contributed by atoms with van der Waals surface area (Å²) in [5, 5.41) is 7.56. The molecule has 9 heteroatoms. The van der Waals surface area contributed by atoms with Crippen molar-refractivity contribution in [3.8, 4) is 0 Å². The number of carbonyl (C=O) groups is 1. The van der Waals surface area contributed by atoms with Crippen LogP contribution in [0.15, 0.2) is 43.9 Å². The quantitative estimate of drug-likeness (QED) is 0.438. The molecule has 1 saturated carbocycles. The summed E-state index contributed by atoms with van der Waals surface area (Å²) in [7, 11) is 4.00. The number of furan rings is 1. The number of aromatic nitrogens is 2. The van der Waals surface area contributed by atoms with Gasteiger partial charge >= 0.3 is 0 Å². The molecular formula is C22H25Br2N5O2. The molecule has 1 amide bonds. The first kappa shape index (κ1) is 22.1. The number of halogens is 2. The summed E-state index contributed by atoms with van der Waals surface area (Å²) in [6.07, 6.45) is 4.12. The standard InChI is InChI=1S/C22H25Br2N5O2/c1-29(2)20-15-5-3-4-6-17(15)27-22(28-20)26-14-9-7-13(8-10-14)12-25-21(30)18-11-16(23)19(24)31-18/h3-6,11,13-14H,7-10,12H2,1-2H3,(H,25,30)(H,26,27,28)/t13-,14+. The molecule has 0 spiro atoms. The number of amides is 1. The normalized spacial score (nSPS) is 18.7. The second kappa shape index (κ2) is 9.56. The van der Waals surface area contributed by atoms with Crippen LogP contribution in [0.2, 0.25) is 0 Å². The molecule has 7 nitrogen and oxygen atoms in total. The largest absolute Gasteiger partial charge is 0.443 e. The zero-order valence-corrected chi connectivity index (χ0v) is 20.7. The van der Waals surface area contributed by atoms with Gasteiger partial charge in [-0.25, -0.2) is 4.98 Å². The lowest BCUT2D eigenvalue weighted by Crippen LogP contribution is -2.34. The fraction of sp³-hybridized carbons (Fsp3) is 0.409. The maximum Gasteiger partial charge on any atom is 0.287 e. The van der Waals surface area contributed by atoms with E-state index in [-0.39, 0.29) is 5.91 Å². The van der Waals surface area contributed by atoms with Crippen molar-refractivity contribution in [2.45, 2.75) is 31.7 Å². The molecule has 1 fully saturated rings. The summed E-state index contributed by atoms with van der Waals surface area (Å²) >= 11 is 6.59. The molecule has 0 saturated heterocycles. The monoisotopic (exact) mass is 549 g/mol. The van der Waals surface area contributed by atoms with Crippen molar-refractivity contribution in [3.63, 3.8) is 0 Å². The van der Waals surface area contributed by atoms with Gasteiger partial charge in [-0.3, -0.25) is 4.79 Å². The third-order valence-electron chi connectivity index (χ3n) is 5.61. The van der Waals surface area contributed by atoms with E-state index in [1.165, 1.54) is 0 Å². The van der Waals surface area contributed by atoms with Crippen LogP contribution in [0.3, 0.4) is 0 Å². The van der Waals surface area contributed by atoms with E-state index in [0.29, 0.717) is 34.9 Å². The molecule has 1 aliphatic rings. The van der Waals surface area contributed by atoms with E-state index in [2.05, 4.69) is 42.5 Å². The molecule has 1 aliphatic carbocycles. The number of benzene rings is 1. The van der Waals surface area contributed by atoms with Gasteiger partial charge in [-0.2, -0.15) is 4.98 Å². The first-order valence-electron chi connectivity index (χ1n) is 10.3. The number of rotatable bonds is 6. The molecule has 0 radical (unpaired) electrons. The summed E-state index contributed by atoms with van der Waals surface area (Å²) < 4.78 is 6.65. The molecule has 31 heavy (non-hydrogen) atoms. The zero-order chi connectivity index (χ0) is 22.0. The Morgan fingerprint density at radius 2 is 1.90 bits per heavy atom. The smallest absolute Gasteiger partial charge is 0.287 e. The number of hydrogen-bond donors (Lipinski definition) is 2. The van der Waals surface area contributed by atoms with Gasteiger partial charge in [0.05, 0.1) is 9.99 Å². The van der Waals surface area contributed by atoms with Crippen LogP contribution in [0, 0.1) is 5.92 Å². The van der Waals surface area contributed by atoms with Gasteiger partial charge in [-0.1, -0.05) is 12.1 Å².